The van der Waals surface area contributed by atoms with Gasteiger partial charge in [-0.2, -0.15) is 0 Å². The first-order valence-corrected chi connectivity index (χ1v) is 10.9. The highest BCUT2D eigenvalue weighted by molar-refractivity contribution is 14.1. The lowest BCUT2D eigenvalue weighted by Gasteiger charge is -2.13. The molecule has 0 saturated carbocycles. The highest BCUT2D eigenvalue weighted by Gasteiger charge is 2.26. The van der Waals surface area contributed by atoms with Crippen LogP contribution < -0.4 is 9.47 Å². The summed E-state index contributed by atoms with van der Waals surface area (Å²) >= 11 is 11.9. The van der Waals surface area contributed by atoms with Gasteiger partial charge in [0.05, 0.1) is 21.7 Å². The summed E-state index contributed by atoms with van der Waals surface area (Å²) in [6.45, 7) is 6.34. The molecule has 29 heavy (non-hydrogen) atoms. The molecule has 1 aliphatic rings. The number of ether oxygens (including phenoxy) is 3. The van der Waals surface area contributed by atoms with E-state index in [-0.39, 0.29) is 11.6 Å². The summed E-state index contributed by atoms with van der Waals surface area (Å²) in [4.78, 5) is 16.7. The fourth-order valence-corrected chi connectivity index (χ4v) is 3.82. The molecule has 0 saturated heterocycles. The highest BCUT2D eigenvalue weighted by Crippen LogP contribution is 2.38. The summed E-state index contributed by atoms with van der Waals surface area (Å²) in [5.41, 5.74) is 1.45. The van der Waals surface area contributed by atoms with E-state index in [0.29, 0.717) is 45.3 Å². The third-order valence-corrected chi connectivity index (χ3v) is 5.35. The number of benzene rings is 2. The molecule has 0 unspecified atom stereocenters. The van der Waals surface area contributed by atoms with Crippen LogP contribution in [0.3, 0.4) is 0 Å². The second kappa shape index (κ2) is 9.77. The van der Waals surface area contributed by atoms with Crippen LogP contribution in [0.4, 0.5) is 0 Å². The molecule has 0 N–H and O–H groups in total. The van der Waals surface area contributed by atoms with E-state index in [0.717, 1.165) is 3.57 Å². The fourth-order valence-electron chi connectivity index (χ4n) is 2.56. The van der Waals surface area contributed by atoms with Crippen LogP contribution >= 0.6 is 50.1 Å². The van der Waals surface area contributed by atoms with Gasteiger partial charge in [-0.05, 0) is 87.4 Å². The summed E-state index contributed by atoms with van der Waals surface area (Å²) in [5.74, 6) is 0.750. The SMILES string of the molecule is C=CCOc1c(Br)cc(C=C2N=C(c3cc(I)ccc3Cl)OC2=O)cc1OCC. The summed E-state index contributed by atoms with van der Waals surface area (Å²) in [6, 6.07) is 9.01. The molecule has 3 rings (SSSR count). The van der Waals surface area contributed by atoms with Crippen molar-refractivity contribution < 1.29 is 19.0 Å². The molecule has 2 aromatic rings. The summed E-state index contributed by atoms with van der Waals surface area (Å²) < 4.78 is 18.3. The zero-order valence-electron chi connectivity index (χ0n) is 15.4. The van der Waals surface area contributed by atoms with Crippen molar-refractivity contribution in [3.05, 3.63) is 72.9 Å². The molecule has 0 aromatic heterocycles. The van der Waals surface area contributed by atoms with E-state index in [1.807, 2.05) is 25.1 Å². The Morgan fingerprint density at radius 3 is 2.83 bits per heavy atom. The number of hydrogen-bond acceptors (Lipinski definition) is 5. The van der Waals surface area contributed by atoms with Crippen molar-refractivity contribution in [2.75, 3.05) is 13.2 Å². The van der Waals surface area contributed by atoms with Crippen molar-refractivity contribution in [1.29, 1.82) is 0 Å². The van der Waals surface area contributed by atoms with E-state index in [1.54, 1.807) is 24.3 Å². The Hall–Kier alpha value is -1.84. The maximum atomic E-state index is 12.3. The zero-order valence-corrected chi connectivity index (χ0v) is 19.9. The number of carbonyl (C=O) groups is 1. The largest absolute Gasteiger partial charge is 0.490 e. The van der Waals surface area contributed by atoms with Crippen molar-refractivity contribution in [2.45, 2.75) is 6.92 Å². The Labute approximate surface area is 195 Å². The van der Waals surface area contributed by atoms with Crippen LogP contribution in [-0.4, -0.2) is 25.1 Å². The highest BCUT2D eigenvalue weighted by atomic mass is 127. The molecule has 0 aliphatic carbocycles. The van der Waals surface area contributed by atoms with Crippen LogP contribution in [0.5, 0.6) is 11.5 Å². The summed E-state index contributed by atoms with van der Waals surface area (Å²) in [5, 5.41) is 0.461. The number of nitrogens with zero attached hydrogens (tertiary/aromatic N) is 1. The molecular weight excluding hydrogens is 572 g/mol. The zero-order chi connectivity index (χ0) is 21.0. The number of carbonyl (C=O) groups excluding carboxylic acids is 1. The molecule has 0 fully saturated rings. The molecule has 150 valence electrons. The molecule has 5 nitrogen and oxygen atoms in total. The minimum Gasteiger partial charge on any atom is -0.490 e. The van der Waals surface area contributed by atoms with E-state index in [2.05, 4.69) is 50.1 Å². The van der Waals surface area contributed by atoms with Crippen molar-refractivity contribution in [3.63, 3.8) is 0 Å². The lowest BCUT2D eigenvalue weighted by molar-refractivity contribution is -0.129. The van der Waals surface area contributed by atoms with Crippen LogP contribution in [-0.2, 0) is 9.53 Å². The molecule has 0 spiro atoms. The van der Waals surface area contributed by atoms with Crippen molar-refractivity contribution >= 4 is 68.1 Å². The first kappa shape index (κ1) is 21.9. The monoisotopic (exact) mass is 587 g/mol. The minimum absolute atomic E-state index is 0.170. The fraction of sp³-hybridized carbons (Fsp3) is 0.143. The first-order valence-electron chi connectivity index (χ1n) is 8.61. The molecule has 0 radical (unpaired) electrons. The number of halogens is 3. The summed E-state index contributed by atoms with van der Waals surface area (Å²) in [6.07, 6.45) is 3.28. The topological polar surface area (TPSA) is 57.1 Å². The van der Waals surface area contributed by atoms with Gasteiger partial charge in [0.2, 0.25) is 5.90 Å². The third kappa shape index (κ3) is 5.21. The van der Waals surface area contributed by atoms with Gasteiger partial charge in [-0.3, -0.25) is 0 Å². The van der Waals surface area contributed by atoms with Gasteiger partial charge in [0.1, 0.15) is 6.61 Å². The van der Waals surface area contributed by atoms with E-state index < -0.39 is 5.97 Å². The molecule has 1 heterocycles. The third-order valence-electron chi connectivity index (χ3n) is 3.76. The maximum absolute atomic E-state index is 12.3. The molecule has 2 aromatic carbocycles. The molecule has 1 aliphatic heterocycles. The van der Waals surface area contributed by atoms with E-state index in [4.69, 9.17) is 25.8 Å². The summed E-state index contributed by atoms with van der Waals surface area (Å²) in [7, 11) is 0. The first-order chi connectivity index (χ1) is 13.9. The quantitative estimate of drug-likeness (QED) is 0.172. The number of cyclic esters (lactones) is 1. The van der Waals surface area contributed by atoms with Crippen molar-refractivity contribution in [3.8, 4) is 11.5 Å². The Bertz CT molecular complexity index is 1040. The van der Waals surface area contributed by atoms with Gasteiger partial charge in [0.15, 0.2) is 17.2 Å². The minimum atomic E-state index is -0.545. The predicted molar refractivity (Wildman–Crippen MR) is 126 cm³/mol. The molecule has 0 amide bonds. The van der Waals surface area contributed by atoms with E-state index in [1.165, 1.54) is 0 Å². The lowest BCUT2D eigenvalue weighted by atomic mass is 10.1. The standard InChI is InChI=1S/C21H16BrClINO4/c1-3-7-28-19-15(22)8-12(10-18(19)27-4-2)9-17-21(26)29-20(25-17)14-11-13(24)5-6-16(14)23/h3,5-6,8-11H,1,4,7H2,2H3. The van der Waals surface area contributed by atoms with Gasteiger partial charge in [-0.25, -0.2) is 9.79 Å². The van der Waals surface area contributed by atoms with Gasteiger partial charge >= 0.3 is 5.97 Å². The van der Waals surface area contributed by atoms with Crippen molar-refractivity contribution in [2.24, 2.45) is 4.99 Å². The molecular formula is C21H16BrClINO4. The Balaban J connectivity index is 1.98. The average molecular weight is 589 g/mol. The van der Waals surface area contributed by atoms with Crippen molar-refractivity contribution in [1.82, 2.24) is 0 Å². The number of rotatable bonds is 7. The van der Waals surface area contributed by atoms with Gasteiger partial charge in [-0.15, -0.1) is 0 Å². The molecule has 0 atom stereocenters. The van der Waals surface area contributed by atoms with Gasteiger partial charge in [-0.1, -0.05) is 24.3 Å². The Morgan fingerprint density at radius 1 is 1.31 bits per heavy atom. The van der Waals surface area contributed by atoms with Gasteiger partial charge in [0.25, 0.3) is 0 Å². The van der Waals surface area contributed by atoms with Crippen LogP contribution in [0.15, 0.2) is 58.1 Å². The number of aliphatic imine (C=N–C) groups is 1. The van der Waals surface area contributed by atoms with Gasteiger partial charge < -0.3 is 14.2 Å². The predicted octanol–water partition coefficient (Wildman–Crippen LogP) is 6.02. The maximum Gasteiger partial charge on any atom is 0.363 e. The Kier molecular flexibility index (Phi) is 7.37. The van der Waals surface area contributed by atoms with Crippen LogP contribution in [0, 0.1) is 3.57 Å². The molecule has 0 bridgehead atoms. The number of hydrogen-bond donors (Lipinski definition) is 0. The van der Waals surface area contributed by atoms with Crippen LogP contribution in [0.25, 0.3) is 6.08 Å². The van der Waals surface area contributed by atoms with Crippen LogP contribution in [0.1, 0.15) is 18.1 Å². The van der Waals surface area contributed by atoms with E-state index in [9.17, 15) is 4.79 Å². The average Bonchev–Trinajstić information content (AvgIpc) is 3.03. The smallest absolute Gasteiger partial charge is 0.363 e. The van der Waals surface area contributed by atoms with Gasteiger partial charge in [0, 0.05) is 3.57 Å². The van der Waals surface area contributed by atoms with Crippen LogP contribution in [0.2, 0.25) is 5.02 Å². The Morgan fingerprint density at radius 2 is 2.10 bits per heavy atom. The normalized spacial score (nSPS) is 14.6. The molecule has 8 heteroatoms. The van der Waals surface area contributed by atoms with E-state index >= 15 is 0 Å². The number of esters is 1. The second-order valence-electron chi connectivity index (χ2n) is 5.82. The second-order valence-corrected chi connectivity index (χ2v) is 8.33. The lowest BCUT2D eigenvalue weighted by Crippen LogP contribution is -2.06.